The number of amides is 1. The lowest BCUT2D eigenvalue weighted by Crippen LogP contribution is -2.12. The SMILES string of the molecule is O=C(Nc1cccc(C(=O)O)c1O)c1ccccc1. The van der Waals surface area contributed by atoms with E-state index >= 15 is 0 Å². The summed E-state index contributed by atoms with van der Waals surface area (Å²) in [6.45, 7) is 0. The van der Waals surface area contributed by atoms with Gasteiger partial charge in [-0.2, -0.15) is 0 Å². The van der Waals surface area contributed by atoms with E-state index < -0.39 is 17.6 Å². The maximum absolute atomic E-state index is 11.9. The molecular formula is C14H11NO4. The van der Waals surface area contributed by atoms with Crippen molar-refractivity contribution < 1.29 is 19.8 Å². The Morgan fingerprint density at radius 3 is 2.26 bits per heavy atom. The van der Waals surface area contributed by atoms with Crippen molar-refractivity contribution in [1.29, 1.82) is 0 Å². The van der Waals surface area contributed by atoms with Gasteiger partial charge in [-0.3, -0.25) is 4.79 Å². The molecule has 19 heavy (non-hydrogen) atoms. The molecule has 0 aliphatic rings. The summed E-state index contributed by atoms with van der Waals surface area (Å²) in [7, 11) is 0. The summed E-state index contributed by atoms with van der Waals surface area (Å²) in [5, 5.41) is 21.1. The molecule has 0 unspecified atom stereocenters. The van der Waals surface area contributed by atoms with Gasteiger partial charge in [-0.25, -0.2) is 4.79 Å². The molecule has 0 saturated heterocycles. The van der Waals surface area contributed by atoms with Crippen molar-refractivity contribution >= 4 is 17.6 Å². The monoisotopic (exact) mass is 257 g/mol. The van der Waals surface area contributed by atoms with Crippen molar-refractivity contribution in [2.24, 2.45) is 0 Å². The summed E-state index contributed by atoms with van der Waals surface area (Å²) in [5.74, 6) is -2.13. The number of aromatic carboxylic acids is 1. The second-order valence-electron chi connectivity index (χ2n) is 3.83. The van der Waals surface area contributed by atoms with Crippen LogP contribution < -0.4 is 5.32 Å². The summed E-state index contributed by atoms with van der Waals surface area (Å²) in [6, 6.07) is 12.6. The largest absolute Gasteiger partial charge is 0.505 e. The van der Waals surface area contributed by atoms with E-state index in [1.807, 2.05) is 0 Å². The van der Waals surface area contributed by atoms with E-state index in [0.717, 1.165) is 0 Å². The van der Waals surface area contributed by atoms with Crippen LogP contribution in [0, 0.1) is 0 Å². The Kier molecular flexibility index (Phi) is 3.47. The van der Waals surface area contributed by atoms with Crippen LogP contribution >= 0.6 is 0 Å². The number of carboxylic acids is 1. The first-order chi connectivity index (χ1) is 9.09. The van der Waals surface area contributed by atoms with Crippen LogP contribution in [0.25, 0.3) is 0 Å². The van der Waals surface area contributed by atoms with Crippen molar-refractivity contribution in [2.75, 3.05) is 5.32 Å². The number of carboxylic acid groups (broad SMARTS) is 1. The zero-order valence-corrected chi connectivity index (χ0v) is 9.83. The highest BCUT2D eigenvalue weighted by molar-refractivity contribution is 6.06. The van der Waals surface area contributed by atoms with Crippen molar-refractivity contribution in [2.45, 2.75) is 0 Å². The van der Waals surface area contributed by atoms with Crippen LogP contribution in [0.1, 0.15) is 20.7 Å². The number of para-hydroxylation sites is 1. The second-order valence-corrected chi connectivity index (χ2v) is 3.83. The van der Waals surface area contributed by atoms with Crippen LogP contribution in [0.15, 0.2) is 48.5 Å². The van der Waals surface area contributed by atoms with E-state index in [1.165, 1.54) is 18.2 Å². The van der Waals surface area contributed by atoms with Crippen LogP contribution in [0.3, 0.4) is 0 Å². The van der Waals surface area contributed by atoms with Crippen molar-refractivity contribution in [3.05, 3.63) is 59.7 Å². The van der Waals surface area contributed by atoms with Gasteiger partial charge in [-0.1, -0.05) is 24.3 Å². The first-order valence-electron chi connectivity index (χ1n) is 5.51. The van der Waals surface area contributed by atoms with Gasteiger partial charge in [0.25, 0.3) is 5.91 Å². The van der Waals surface area contributed by atoms with E-state index in [4.69, 9.17) is 5.11 Å². The topological polar surface area (TPSA) is 86.6 Å². The Balaban J connectivity index is 2.27. The highest BCUT2D eigenvalue weighted by atomic mass is 16.4. The number of rotatable bonds is 3. The molecule has 5 nitrogen and oxygen atoms in total. The molecule has 5 heteroatoms. The molecule has 0 saturated carbocycles. The van der Waals surface area contributed by atoms with Gasteiger partial charge >= 0.3 is 5.97 Å². The Bertz CT molecular complexity index is 623. The number of hydrogen-bond donors (Lipinski definition) is 3. The highest BCUT2D eigenvalue weighted by Gasteiger charge is 2.15. The Hall–Kier alpha value is -2.82. The lowest BCUT2D eigenvalue weighted by atomic mass is 10.1. The Morgan fingerprint density at radius 2 is 1.63 bits per heavy atom. The third-order valence-electron chi connectivity index (χ3n) is 2.55. The smallest absolute Gasteiger partial charge is 0.339 e. The predicted molar refractivity (Wildman–Crippen MR) is 69.5 cm³/mol. The molecule has 0 spiro atoms. The number of benzene rings is 2. The van der Waals surface area contributed by atoms with Crippen LogP contribution in [0.4, 0.5) is 5.69 Å². The molecule has 0 radical (unpaired) electrons. The number of carbonyl (C=O) groups excluding carboxylic acids is 1. The summed E-state index contributed by atoms with van der Waals surface area (Å²) < 4.78 is 0. The number of phenols is 1. The first-order valence-corrected chi connectivity index (χ1v) is 5.51. The molecule has 2 aromatic rings. The third kappa shape index (κ3) is 2.71. The van der Waals surface area contributed by atoms with Crippen molar-refractivity contribution in [1.82, 2.24) is 0 Å². The fourth-order valence-corrected chi connectivity index (χ4v) is 1.60. The minimum atomic E-state index is -1.26. The van der Waals surface area contributed by atoms with E-state index in [-0.39, 0.29) is 11.3 Å². The summed E-state index contributed by atoms with van der Waals surface area (Å²) >= 11 is 0. The number of aromatic hydroxyl groups is 1. The molecule has 2 aromatic carbocycles. The Morgan fingerprint density at radius 1 is 0.947 bits per heavy atom. The fourth-order valence-electron chi connectivity index (χ4n) is 1.60. The lowest BCUT2D eigenvalue weighted by molar-refractivity contribution is 0.0693. The average molecular weight is 257 g/mol. The quantitative estimate of drug-likeness (QED) is 0.736. The molecule has 0 aliphatic carbocycles. The molecule has 0 atom stereocenters. The van der Waals surface area contributed by atoms with E-state index in [0.29, 0.717) is 5.56 Å². The van der Waals surface area contributed by atoms with Crippen molar-refractivity contribution in [3.63, 3.8) is 0 Å². The molecule has 0 aliphatic heterocycles. The highest BCUT2D eigenvalue weighted by Crippen LogP contribution is 2.27. The van der Waals surface area contributed by atoms with Gasteiger partial charge in [0.2, 0.25) is 0 Å². The summed E-state index contributed by atoms with van der Waals surface area (Å²) in [4.78, 5) is 22.7. The summed E-state index contributed by atoms with van der Waals surface area (Å²) in [5.41, 5.74) is 0.224. The summed E-state index contributed by atoms with van der Waals surface area (Å²) in [6.07, 6.45) is 0. The van der Waals surface area contributed by atoms with Gasteiger partial charge in [-0.05, 0) is 24.3 Å². The predicted octanol–water partition coefficient (Wildman–Crippen LogP) is 2.34. The fraction of sp³-hybridized carbons (Fsp3) is 0. The second kappa shape index (κ2) is 5.22. The number of hydrogen-bond acceptors (Lipinski definition) is 3. The lowest BCUT2D eigenvalue weighted by Gasteiger charge is -2.08. The molecule has 2 rings (SSSR count). The van der Waals surface area contributed by atoms with Gasteiger partial charge in [0.1, 0.15) is 5.56 Å². The van der Waals surface area contributed by atoms with Gasteiger partial charge in [0.05, 0.1) is 5.69 Å². The van der Waals surface area contributed by atoms with Crippen LogP contribution in [-0.4, -0.2) is 22.1 Å². The molecule has 3 N–H and O–H groups in total. The minimum absolute atomic E-state index is 0.0637. The molecule has 96 valence electrons. The molecule has 0 heterocycles. The normalized spacial score (nSPS) is 9.89. The van der Waals surface area contributed by atoms with Gasteiger partial charge < -0.3 is 15.5 Å². The van der Waals surface area contributed by atoms with E-state index in [1.54, 1.807) is 30.3 Å². The molecule has 1 amide bonds. The molecular weight excluding hydrogens is 246 g/mol. The Labute approximate surface area is 109 Å². The van der Waals surface area contributed by atoms with Gasteiger partial charge in [0.15, 0.2) is 5.75 Å². The maximum atomic E-state index is 11.9. The standard InChI is InChI=1S/C14H11NO4/c16-12-10(14(18)19)7-4-8-11(12)15-13(17)9-5-2-1-3-6-9/h1-8,16H,(H,15,17)(H,18,19). The molecule has 0 fully saturated rings. The average Bonchev–Trinajstić information content (AvgIpc) is 2.41. The van der Waals surface area contributed by atoms with Crippen molar-refractivity contribution in [3.8, 4) is 5.75 Å². The zero-order valence-electron chi connectivity index (χ0n) is 9.83. The van der Waals surface area contributed by atoms with Crippen LogP contribution in [0.2, 0.25) is 0 Å². The molecule has 0 aromatic heterocycles. The van der Waals surface area contributed by atoms with E-state index in [9.17, 15) is 14.7 Å². The zero-order chi connectivity index (χ0) is 13.8. The third-order valence-corrected chi connectivity index (χ3v) is 2.55. The minimum Gasteiger partial charge on any atom is -0.505 e. The first kappa shape index (κ1) is 12.6. The van der Waals surface area contributed by atoms with Gasteiger partial charge in [-0.15, -0.1) is 0 Å². The van der Waals surface area contributed by atoms with Crippen LogP contribution in [-0.2, 0) is 0 Å². The number of anilines is 1. The maximum Gasteiger partial charge on any atom is 0.339 e. The number of nitrogens with one attached hydrogen (secondary N) is 1. The van der Waals surface area contributed by atoms with Gasteiger partial charge in [0, 0.05) is 5.56 Å². The van der Waals surface area contributed by atoms with Crippen LogP contribution in [0.5, 0.6) is 5.75 Å². The number of carbonyl (C=O) groups is 2. The van der Waals surface area contributed by atoms with E-state index in [2.05, 4.69) is 5.32 Å². The molecule has 0 bridgehead atoms.